The van der Waals surface area contributed by atoms with E-state index in [1.807, 2.05) is 26.0 Å². The zero-order valence-electron chi connectivity index (χ0n) is 17.4. The maximum atomic E-state index is 13.0. The van der Waals surface area contributed by atoms with Gasteiger partial charge in [0.1, 0.15) is 0 Å². The fourth-order valence-electron chi connectivity index (χ4n) is 4.40. The molecule has 1 aromatic rings. The normalized spacial score (nSPS) is 24.1. The smallest absolute Gasteiger partial charge is 0.317 e. The summed E-state index contributed by atoms with van der Waals surface area (Å²) in [5.41, 5.74) is 1.69. The first kappa shape index (κ1) is 20.6. The predicted octanol–water partition coefficient (Wildman–Crippen LogP) is 1.80. The number of rotatable bonds is 5. The molecule has 29 heavy (non-hydrogen) atoms. The van der Waals surface area contributed by atoms with Crippen LogP contribution in [0.15, 0.2) is 23.1 Å². The molecule has 3 fully saturated rings. The summed E-state index contributed by atoms with van der Waals surface area (Å²) in [5, 5.41) is 3.07. The number of hydrogen-bond acceptors (Lipinski definition) is 4. The molecule has 8 heteroatoms. The van der Waals surface area contributed by atoms with Crippen LogP contribution < -0.4 is 5.32 Å². The van der Waals surface area contributed by atoms with Crippen LogP contribution in [-0.2, 0) is 10.0 Å². The fourth-order valence-corrected chi connectivity index (χ4v) is 6.13. The number of aryl methyl sites for hydroxylation is 2. The molecule has 2 saturated heterocycles. The minimum absolute atomic E-state index is 0.0707. The number of nitrogens with one attached hydrogen (secondary N) is 1. The van der Waals surface area contributed by atoms with Gasteiger partial charge in [0.05, 0.1) is 4.90 Å². The van der Waals surface area contributed by atoms with Crippen LogP contribution in [0.3, 0.4) is 0 Å². The molecule has 0 radical (unpaired) electrons. The van der Waals surface area contributed by atoms with Crippen LogP contribution in [0.5, 0.6) is 0 Å². The lowest BCUT2D eigenvalue weighted by Gasteiger charge is -2.34. The van der Waals surface area contributed by atoms with Crippen molar-refractivity contribution in [3.05, 3.63) is 29.3 Å². The molecule has 1 aliphatic carbocycles. The number of hydrogen-bond donors (Lipinski definition) is 1. The Morgan fingerprint density at radius 3 is 2.48 bits per heavy atom. The highest BCUT2D eigenvalue weighted by Gasteiger charge is 2.35. The second kappa shape index (κ2) is 8.24. The third-order valence-corrected chi connectivity index (χ3v) is 8.45. The highest BCUT2D eigenvalue weighted by Crippen LogP contribution is 2.31. The van der Waals surface area contributed by atoms with Gasteiger partial charge in [-0.1, -0.05) is 12.1 Å². The maximum Gasteiger partial charge on any atom is 0.317 e. The molecule has 1 atom stereocenters. The lowest BCUT2D eigenvalue weighted by molar-refractivity contribution is 0.170. The molecule has 1 saturated carbocycles. The second-order valence-corrected chi connectivity index (χ2v) is 10.6. The molecule has 1 aromatic carbocycles. The van der Waals surface area contributed by atoms with E-state index >= 15 is 0 Å². The summed E-state index contributed by atoms with van der Waals surface area (Å²) in [6.45, 7) is 8.20. The predicted molar refractivity (Wildman–Crippen MR) is 112 cm³/mol. The van der Waals surface area contributed by atoms with Crippen molar-refractivity contribution in [1.82, 2.24) is 19.4 Å². The van der Waals surface area contributed by atoms with E-state index in [4.69, 9.17) is 0 Å². The van der Waals surface area contributed by atoms with E-state index in [0.717, 1.165) is 36.7 Å². The molecule has 4 rings (SSSR count). The number of likely N-dealkylation sites (tertiary alicyclic amines) is 1. The summed E-state index contributed by atoms with van der Waals surface area (Å²) in [6, 6.07) is 6.22. The first-order chi connectivity index (χ1) is 13.8. The standard InChI is InChI=1S/C21H32N4O3S/c1-16-3-4-17(2)20(13-16)29(27,28)25-11-9-23(10-12-25)21(26)22-14-18-7-8-24(15-18)19-5-6-19/h3-4,13,18-19H,5-12,14-15H2,1-2H3,(H,22,26). The van der Waals surface area contributed by atoms with Gasteiger partial charge in [-0.2, -0.15) is 4.31 Å². The van der Waals surface area contributed by atoms with Crippen LogP contribution in [0, 0.1) is 19.8 Å². The average molecular weight is 421 g/mol. The summed E-state index contributed by atoms with van der Waals surface area (Å²) in [6.07, 6.45) is 3.81. The van der Waals surface area contributed by atoms with Crippen molar-refractivity contribution in [2.24, 2.45) is 5.92 Å². The molecule has 1 N–H and O–H groups in total. The molecule has 0 bridgehead atoms. The molecule has 1 unspecified atom stereocenters. The Labute approximate surface area is 174 Å². The highest BCUT2D eigenvalue weighted by atomic mass is 32.2. The Morgan fingerprint density at radius 1 is 1.07 bits per heavy atom. The molecule has 0 aromatic heterocycles. The van der Waals surface area contributed by atoms with Crippen LogP contribution in [0.25, 0.3) is 0 Å². The molecular formula is C21H32N4O3S. The monoisotopic (exact) mass is 420 g/mol. The number of amides is 2. The van der Waals surface area contributed by atoms with E-state index in [2.05, 4.69) is 10.2 Å². The lowest BCUT2D eigenvalue weighted by Crippen LogP contribution is -2.53. The van der Waals surface area contributed by atoms with Crippen LogP contribution in [0.2, 0.25) is 0 Å². The Balaban J connectivity index is 1.27. The van der Waals surface area contributed by atoms with Gasteiger partial charge in [0.15, 0.2) is 0 Å². The first-order valence-electron chi connectivity index (χ1n) is 10.7. The average Bonchev–Trinajstić information content (AvgIpc) is 3.46. The molecule has 3 aliphatic rings. The molecule has 2 aliphatic heterocycles. The third-order valence-electron chi connectivity index (χ3n) is 6.41. The summed E-state index contributed by atoms with van der Waals surface area (Å²) in [5.74, 6) is 0.533. The van der Waals surface area contributed by atoms with Crippen LogP contribution >= 0.6 is 0 Å². The molecular weight excluding hydrogens is 388 g/mol. The van der Waals surface area contributed by atoms with Crippen molar-refractivity contribution in [2.45, 2.75) is 44.0 Å². The zero-order valence-corrected chi connectivity index (χ0v) is 18.2. The van der Waals surface area contributed by atoms with Gasteiger partial charge in [0, 0.05) is 45.3 Å². The van der Waals surface area contributed by atoms with Gasteiger partial charge in [-0.15, -0.1) is 0 Å². The van der Waals surface area contributed by atoms with Gasteiger partial charge in [0.25, 0.3) is 0 Å². The second-order valence-electron chi connectivity index (χ2n) is 8.73. The molecule has 2 amide bonds. The topological polar surface area (TPSA) is 73.0 Å². The molecule has 160 valence electrons. The van der Waals surface area contributed by atoms with Gasteiger partial charge >= 0.3 is 6.03 Å². The van der Waals surface area contributed by atoms with Crippen molar-refractivity contribution < 1.29 is 13.2 Å². The third kappa shape index (κ3) is 4.59. The van der Waals surface area contributed by atoms with Crippen molar-refractivity contribution in [1.29, 1.82) is 0 Å². The maximum absolute atomic E-state index is 13.0. The van der Waals surface area contributed by atoms with Gasteiger partial charge in [0.2, 0.25) is 10.0 Å². The van der Waals surface area contributed by atoms with Crippen LogP contribution in [0.4, 0.5) is 4.79 Å². The lowest BCUT2D eigenvalue weighted by atomic mass is 10.1. The van der Waals surface area contributed by atoms with Gasteiger partial charge in [-0.05, 0) is 62.8 Å². The zero-order chi connectivity index (χ0) is 20.6. The van der Waals surface area contributed by atoms with E-state index in [1.54, 1.807) is 11.0 Å². The van der Waals surface area contributed by atoms with Crippen molar-refractivity contribution >= 4 is 16.1 Å². The number of carbonyl (C=O) groups excluding carboxylic acids is 1. The van der Waals surface area contributed by atoms with E-state index in [-0.39, 0.29) is 6.03 Å². The van der Waals surface area contributed by atoms with E-state index in [1.165, 1.54) is 17.1 Å². The van der Waals surface area contributed by atoms with Crippen LogP contribution in [-0.4, -0.2) is 80.4 Å². The number of sulfonamides is 1. The number of piperazine rings is 1. The number of urea groups is 1. The van der Waals surface area contributed by atoms with Crippen LogP contribution in [0.1, 0.15) is 30.4 Å². The number of nitrogens with zero attached hydrogens (tertiary/aromatic N) is 3. The van der Waals surface area contributed by atoms with E-state index < -0.39 is 10.0 Å². The molecule has 2 heterocycles. The Bertz CT molecular complexity index is 861. The van der Waals surface area contributed by atoms with Gasteiger partial charge in [-0.3, -0.25) is 0 Å². The largest absolute Gasteiger partial charge is 0.338 e. The molecule has 0 spiro atoms. The summed E-state index contributed by atoms with van der Waals surface area (Å²) in [7, 11) is -3.53. The molecule has 7 nitrogen and oxygen atoms in total. The minimum atomic E-state index is -3.53. The summed E-state index contributed by atoms with van der Waals surface area (Å²) >= 11 is 0. The quantitative estimate of drug-likeness (QED) is 0.788. The SMILES string of the molecule is Cc1ccc(C)c(S(=O)(=O)N2CCN(C(=O)NCC3CCN(C4CC4)C3)CC2)c1. The first-order valence-corrected chi connectivity index (χ1v) is 12.1. The van der Waals surface area contributed by atoms with E-state index in [9.17, 15) is 13.2 Å². The highest BCUT2D eigenvalue weighted by molar-refractivity contribution is 7.89. The Hall–Kier alpha value is -1.64. The Kier molecular flexibility index (Phi) is 5.86. The minimum Gasteiger partial charge on any atom is -0.338 e. The van der Waals surface area contributed by atoms with E-state index in [0.29, 0.717) is 43.5 Å². The van der Waals surface area contributed by atoms with Crippen molar-refractivity contribution in [3.63, 3.8) is 0 Å². The van der Waals surface area contributed by atoms with Gasteiger partial charge < -0.3 is 15.1 Å². The number of benzene rings is 1. The number of carbonyl (C=O) groups is 1. The van der Waals surface area contributed by atoms with Gasteiger partial charge in [-0.25, -0.2) is 13.2 Å². The van der Waals surface area contributed by atoms with Crippen molar-refractivity contribution in [2.75, 3.05) is 45.8 Å². The Morgan fingerprint density at radius 2 is 1.79 bits per heavy atom. The fraction of sp³-hybridized carbons (Fsp3) is 0.667. The summed E-state index contributed by atoms with van der Waals surface area (Å²) < 4.78 is 27.6. The summed E-state index contributed by atoms with van der Waals surface area (Å²) in [4.78, 5) is 17.2. The van der Waals surface area contributed by atoms with Crippen molar-refractivity contribution in [3.8, 4) is 0 Å².